The summed E-state index contributed by atoms with van der Waals surface area (Å²) >= 11 is 0. The number of nitrogen functional groups attached to an aromatic ring is 1. The molecule has 2 saturated carbocycles. The fourth-order valence-corrected chi connectivity index (χ4v) is 3.02. The summed E-state index contributed by atoms with van der Waals surface area (Å²) < 4.78 is 4.99. The SMILES string of the molecule is Nc1cc2oc(=O)[nH]c2cc1NCC1(C2CC2)CC1. The Morgan fingerprint density at radius 1 is 1.42 bits per heavy atom. The van der Waals surface area contributed by atoms with E-state index in [2.05, 4.69) is 10.3 Å². The van der Waals surface area contributed by atoms with Crippen molar-refractivity contribution in [2.45, 2.75) is 25.7 Å². The van der Waals surface area contributed by atoms with Gasteiger partial charge in [0.15, 0.2) is 5.58 Å². The minimum Gasteiger partial charge on any atom is -0.408 e. The number of nitrogens with two attached hydrogens (primary N) is 1. The number of oxazole rings is 1. The molecule has 2 aliphatic carbocycles. The average Bonchev–Trinajstić information content (AvgIpc) is 3.23. The molecule has 19 heavy (non-hydrogen) atoms. The van der Waals surface area contributed by atoms with Crippen LogP contribution in [0.25, 0.3) is 11.1 Å². The molecule has 0 atom stereocenters. The molecule has 0 spiro atoms. The number of rotatable bonds is 4. The number of benzene rings is 1. The number of nitrogens with one attached hydrogen (secondary N) is 2. The van der Waals surface area contributed by atoms with Crippen molar-refractivity contribution in [3.8, 4) is 0 Å². The topological polar surface area (TPSA) is 84.0 Å². The van der Waals surface area contributed by atoms with E-state index in [0.717, 1.165) is 18.2 Å². The second kappa shape index (κ2) is 3.56. The Balaban J connectivity index is 1.59. The summed E-state index contributed by atoms with van der Waals surface area (Å²) in [4.78, 5) is 13.8. The second-order valence-electron chi connectivity index (χ2n) is 5.94. The van der Waals surface area contributed by atoms with E-state index in [1.165, 1.54) is 25.7 Å². The van der Waals surface area contributed by atoms with Crippen LogP contribution in [-0.2, 0) is 0 Å². The lowest BCUT2D eigenvalue weighted by Gasteiger charge is -2.17. The highest BCUT2D eigenvalue weighted by Gasteiger charge is 2.53. The number of fused-ring (bicyclic) bond motifs is 1. The van der Waals surface area contributed by atoms with Gasteiger partial charge in [-0.15, -0.1) is 0 Å². The van der Waals surface area contributed by atoms with E-state index >= 15 is 0 Å². The summed E-state index contributed by atoms with van der Waals surface area (Å²) in [5, 5.41) is 3.45. The van der Waals surface area contributed by atoms with Gasteiger partial charge in [-0.05, 0) is 43.1 Å². The molecule has 100 valence electrons. The number of aromatic amines is 1. The van der Waals surface area contributed by atoms with Gasteiger partial charge >= 0.3 is 5.76 Å². The molecule has 2 fully saturated rings. The van der Waals surface area contributed by atoms with Crippen molar-refractivity contribution >= 4 is 22.5 Å². The van der Waals surface area contributed by atoms with Gasteiger partial charge in [0, 0.05) is 12.6 Å². The maximum absolute atomic E-state index is 11.2. The summed E-state index contributed by atoms with van der Waals surface area (Å²) in [6, 6.07) is 3.56. The van der Waals surface area contributed by atoms with Crippen LogP contribution in [0, 0.1) is 11.3 Å². The van der Waals surface area contributed by atoms with Gasteiger partial charge in [0.2, 0.25) is 0 Å². The van der Waals surface area contributed by atoms with Crippen LogP contribution in [0.5, 0.6) is 0 Å². The van der Waals surface area contributed by atoms with Crippen LogP contribution in [0.4, 0.5) is 11.4 Å². The third kappa shape index (κ3) is 1.80. The molecule has 0 unspecified atom stereocenters. The van der Waals surface area contributed by atoms with Gasteiger partial charge < -0.3 is 15.5 Å². The molecule has 1 aromatic heterocycles. The van der Waals surface area contributed by atoms with Crippen molar-refractivity contribution in [3.05, 3.63) is 22.7 Å². The van der Waals surface area contributed by atoms with E-state index in [4.69, 9.17) is 10.2 Å². The molecule has 4 rings (SSSR count). The van der Waals surface area contributed by atoms with E-state index in [9.17, 15) is 4.79 Å². The maximum atomic E-state index is 11.2. The van der Waals surface area contributed by atoms with Gasteiger partial charge in [0.05, 0.1) is 16.9 Å². The Morgan fingerprint density at radius 3 is 2.89 bits per heavy atom. The Bertz CT molecular complexity index is 692. The molecular weight excluding hydrogens is 242 g/mol. The fraction of sp³-hybridized carbons (Fsp3) is 0.500. The number of hydrogen-bond donors (Lipinski definition) is 3. The van der Waals surface area contributed by atoms with E-state index < -0.39 is 5.76 Å². The van der Waals surface area contributed by atoms with Gasteiger partial charge in [-0.25, -0.2) is 4.79 Å². The van der Waals surface area contributed by atoms with E-state index in [-0.39, 0.29) is 0 Å². The molecule has 0 bridgehead atoms. The smallest absolute Gasteiger partial charge is 0.408 e. The number of hydrogen-bond acceptors (Lipinski definition) is 4. The number of anilines is 2. The van der Waals surface area contributed by atoms with Crippen molar-refractivity contribution in [1.29, 1.82) is 0 Å². The van der Waals surface area contributed by atoms with Gasteiger partial charge in [-0.1, -0.05) is 0 Å². The Kier molecular flexibility index (Phi) is 2.05. The molecule has 1 aromatic carbocycles. The van der Waals surface area contributed by atoms with Crippen LogP contribution in [0.2, 0.25) is 0 Å². The maximum Gasteiger partial charge on any atom is 0.417 e. The zero-order chi connectivity index (χ0) is 13.0. The van der Waals surface area contributed by atoms with E-state index in [0.29, 0.717) is 22.2 Å². The first-order chi connectivity index (χ1) is 9.16. The standard InChI is InChI=1S/C14H17N3O2/c15-9-5-12-11(17-13(18)19-12)6-10(9)16-7-14(3-4-14)8-1-2-8/h5-6,8,16H,1-4,7,15H2,(H,17,18). The van der Waals surface area contributed by atoms with Crippen LogP contribution >= 0.6 is 0 Å². The lowest BCUT2D eigenvalue weighted by atomic mass is 10.0. The zero-order valence-electron chi connectivity index (χ0n) is 10.7. The molecule has 0 radical (unpaired) electrons. The molecule has 2 aliphatic rings. The highest BCUT2D eigenvalue weighted by atomic mass is 16.4. The lowest BCUT2D eigenvalue weighted by Crippen LogP contribution is -2.18. The summed E-state index contributed by atoms with van der Waals surface area (Å²) in [6.45, 7) is 0.982. The van der Waals surface area contributed by atoms with Crippen molar-refractivity contribution in [3.63, 3.8) is 0 Å². The van der Waals surface area contributed by atoms with Crippen LogP contribution in [0.15, 0.2) is 21.3 Å². The molecule has 2 aromatic rings. The molecule has 1 heterocycles. The fourth-order valence-electron chi connectivity index (χ4n) is 3.02. The van der Waals surface area contributed by atoms with Crippen molar-refractivity contribution < 1.29 is 4.42 Å². The first kappa shape index (κ1) is 11.0. The highest BCUT2D eigenvalue weighted by Crippen LogP contribution is 2.61. The van der Waals surface area contributed by atoms with Crippen molar-refractivity contribution in [2.75, 3.05) is 17.6 Å². The van der Waals surface area contributed by atoms with Crippen LogP contribution < -0.4 is 16.8 Å². The van der Waals surface area contributed by atoms with Gasteiger partial charge in [-0.2, -0.15) is 0 Å². The van der Waals surface area contributed by atoms with E-state index in [1.54, 1.807) is 6.07 Å². The normalized spacial score (nSPS) is 20.6. The Morgan fingerprint density at radius 2 is 2.21 bits per heavy atom. The van der Waals surface area contributed by atoms with Crippen LogP contribution in [0.1, 0.15) is 25.7 Å². The third-order valence-electron chi connectivity index (χ3n) is 4.56. The highest BCUT2D eigenvalue weighted by molar-refractivity contribution is 5.85. The van der Waals surface area contributed by atoms with Gasteiger partial charge in [0.1, 0.15) is 0 Å². The Hall–Kier alpha value is -1.91. The molecule has 5 nitrogen and oxygen atoms in total. The molecule has 5 heteroatoms. The third-order valence-corrected chi connectivity index (χ3v) is 4.56. The summed E-state index contributed by atoms with van der Waals surface area (Å²) in [5.41, 5.74) is 9.23. The monoisotopic (exact) mass is 259 g/mol. The quantitative estimate of drug-likeness (QED) is 0.736. The summed E-state index contributed by atoms with van der Waals surface area (Å²) in [7, 11) is 0. The minimum absolute atomic E-state index is 0.441. The average molecular weight is 259 g/mol. The largest absolute Gasteiger partial charge is 0.417 e. The van der Waals surface area contributed by atoms with Crippen molar-refractivity contribution in [1.82, 2.24) is 4.98 Å². The van der Waals surface area contributed by atoms with E-state index in [1.807, 2.05) is 6.07 Å². The predicted molar refractivity (Wildman–Crippen MR) is 74.1 cm³/mol. The molecule has 0 aliphatic heterocycles. The first-order valence-electron chi connectivity index (χ1n) is 6.83. The molecule has 4 N–H and O–H groups in total. The predicted octanol–water partition coefficient (Wildman–Crippen LogP) is 2.31. The lowest BCUT2D eigenvalue weighted by molar-refractivity contribution is 0.467. The summed E-state index contributed by atoms with van der Waals surface area (Å²) in [5.74, 6) is 0.474. The van der Waals surface area contributed by atoms with Gasteiger partial charge in [-0.3, -0.25) is 4.98 Å². The zero-order valence-corrected chi connectivity index (χ0v) is 10.7. The number of H-pyrrole nitrogens is 1. The molecular formula is C14H17N3O2. The Labute approximate surface area is 110 Å². The van der Waals surface area contributed by atoms with Crippen LogP contribution in [0.3, 0.4) is 0 Å². The summed E-state index contributed by atoms with van der Waals surface area (Å²) in [6.07, 6.45) is 5.42. The molecule has 0 amide bonds. The van der Waals surface area contributed by atoms with Crippen LogP contribution in [-0.4, -0.2) is 11.5 Å². The van der Waals surface area contributed by atoms with Crippen molar-refractivity contribution in [2.24, 2.45) is 11.3 Å². The minimum atomic E-state index is -0.441. The number of aromatic nitrogens is 1. The second-order valence-corrected chi connectivity index (χ2v) is 5.94. The first-order valence-corrected chi connectivity index (χ1v) is 6.83. The van der Waals surface area contributed by atoms with Gasteiger partial charge in [0.25, 0.3) is 0 Å². The molecule has 0 saturated heterocycles.